The molecule has 4 rings (SSSR count). The first kappa shape index (κ1) is 17.6. The van der Waals surface area contributed by atoms with Crippen molar-refractivity contribution in [2.24, 2.45) is 11.8 Å². The molecule has 7 nitrogen and oxygen atoms in total. The fourth-order valence-electron chi connectivity index (χ4n) is 3.97. The first-order valence-corrected chi connectivity index (χ1v) is 10.5. The number of piperidine rings is 1. The second-order valence-electron chi connectivity index (χ2n) is 7.00. The van der Waals surface area contributed by atoms with E-state index in [2.05, 4.69) is 16.9 Å². The zero-order valence-electron chi connectivity index (χ0n) is 14.8. The van der Waals surface area contributed by atoms with Crippen LogP contribution in [0, 0.1) is 11.8 Å². The van der Waals surface area contributed by atoms with Crippen LogP contribution in [0.25, 0.3) is 16.6 Å². The molecule has 26 heavy (non-hydrogen) atoms. The van der Waals surface area contributed by atoms with Crippen LogP contribution in [0.1, 0.15) is 25.8 Å². The molecule has 0 bridgehead atoms. The quantitative estimate of drug-likeness (QED) is 0.796. The van der Waals surface area contributed by atoms with Crippen LogP contribution in [0.3, 0.4) is 0 Å². The van der Waals surface area contributed by atoms with Gasteiger partial charge >= 0.3 is 7.12 Å². The Morgan fingerprint density at radius 1 is 1.50 bits per heavy atom. The van der Waals surface area contributed by atoms with E-state index in [1.165, 1.54) is 0 Å². The minimum atomic E-state index is -3.24. The number of H-pyrrole nitrogens is 1. The van der Waals surface area contributed by atoms with Gasteiger partial charge in [0.25, 0.3) is 0 Å². The lowest BCUT2D eigenvalue weighted by molar-refractivity contribution is 0.239. The molecule has 4 heterocycles. The van der Waals surface area contributed by atoms with Crippen molar-refractivity contribution in [1.82, 2.24) is 14.3 Å². The van der Waals surface area contributed by atoms with Gasteiger partial charge in [0.05, 0.1) is 11.9 Å². The second-order valence-corrected chi connectivity index (χ2v) is 9.26. The summed E-state index contributed by atoms with van der Waals surface area (Å²) >= 11 is 0. The average Bonchev–Trinajstić information content (AvgIpc) is 3.09. The minimum Gasteiger partial charge on any atom is -0.531 e. The molecular formula is C17H22BN3O4S. The smallest absolute Gasteiger partial charge is 0.531 e. The van der Waals surface area contributed by atoms with E-state index in [0.717, 1.165) is 28.6 Å². The van der Waals surface area contributed by atoms with Crippen molar-refractivity contribution >= 4 is 33.7 Å². The maximum atomic E-state index is 12.4. The zero-order chi connectivity index (χ0) is 18.5. The van der Waals surface area contributed by atoms with Gasteiger partial charge in [-0.3, -0.25) is 0 Å². The van der Waals surface area contributed by atoms with E-state index in [1.807, 2.05) is 12.3 Å². The zero-order valence-corrected chi connectivity index (χ0v) is 15.7. The van der Waals surface area contributed by atoms with Crippen LogP contribution >= 0.6 is 0 Å². The summed E-state index contributed by atoms with van der Waals surface area (Å²) in [5, 5.41) is 11.1. The molecule has 0 aliphatic carbocycles. The Labute approximate surface area is 153 Å². The van der Waals surface area contributed by atoms with Crippen molar-refractivity contribution in [3.05, 3.63) is 30.0 Å². The molecule has 138 valence electrons. The lowest BCUT2D eigenvalue weighted by Crippen LogP contribution is -2.44. The van der Waals surface area contributed by atoms with Gasteiger partial charge in [-0.1, -0.05) is 6.92 Å². The van der Waals surface area contributed by atoms with E-state index >= 15 is 0 Å². The molecule has 0 aromatic carbocycles. The Hall–Kier alpha value is -1.84. The summed E-state index contributed by atoms with van der Waals surface area (Å²) in [5.41, 5.74) is 2.58. The molecule has 2 aromatic rings. The number of rotatable bonds is 3. The van der Waals surface area contributed by atoms with E-state index in [4.69, 9.17) is 4.65 Å². The van der Waals surface area contributed by atoms with Gasteiger partial charge in [-0.15, -0.1) is 0 Å². The van der Waals surface area contributed by atoms with Gasteiger partial charge in [0.15, 0.2) is 0 Å². The van der Waals surface area contributed by atoms with Crippen molar-refractivity contribution in [1.29, 1.82) is 0 Å². The number of hydrogen-bond acceptors (Lipinski definition) is 5. The predicted molar refractivity (Wildman–Crippen MR) is 101 cm³/mol. The second kappa shape index (κ2) is 6.40. The largest absolute Gasteiger partial charge is 0.552 e. The van der Waals surface area contributed by atoms with Crippen molar-refractivity contribution in [3.8, 4) is 5.75 Å². The highest BCUT2D eigenvalue weighted by molar-refractivity contribution is 7.89. The third-order valence-corrected chi connectivity index (χ3v) is 7.34. The summed E-state index contributed by atoms with van der Waals surface area (Å²) in [6, 6.07) is 1.93. The van der Waals surface area contributed by atoms with Crippen molar-refractivity contribution in [3.63, 3.8) is 0 Å². The van der Waals surface area contributed by atoms with Gasteiger partial charge in [-0.05, 0) is 36.9 Å². The van der Waals surface area contributed by atoms with E-state index in [1.54, 1.807) is 23.4 Å². The predicted octanol–water partition coefficient (Wildman–Crippen LogP) is 1.67. The summed E-state index contributed by atoms with van der Waals surface area (Å²) in [6.45, 7) is 4.77. The highest BCUT2D eigenvalue weighted by Gasteiger charge is 2.38. The first-order chi connectivity index (χ1) is 12.4. The first-order valence-electron chi connectivity index (χ1n) is 8.91. The van der Waals surface area contributed by atoms with Gasteiger partial charge < -0.3 is 14.7 Å². The molecule has 1 saturated heterocycles. The van der Waals surface area contributed by atoms with Crippen LogP contribution in [0.4, 0.5) is 0 Å². The molecule has 0 amide bonds. The number of hydrogen-bond donors (Lipinski definition) is 2. The molecule has 2 aliphatic rings. The molecule has 0 radical (unpaired) electrons. The molecule has 1 unspecified atom stereocenters. The number of nitrogens with zero attached hydrogens (tertiary/aromatic N) is 2. The lowest BCUT2D eigenvalue weighted by atomic mass is 9.72. The Morgan fingerprint density at radius 3 is 3.08 bits per heavy atom. The van der Waals surface area contributed by atoms with Crippen LogP contribution in [-0.2, 0) is 10.0 Å². The van der Waals surface area contributed by atoms with Crippen LogP contribution in [0.5, 0.6) is 5.75 Å². The minimum absolute atomic E-state index is 0.0112. The Kier molecular flexibility index (Phi) is 4.33. The van der Waals surface area contributed by atoms with Crippen molar-refractivity contribution in [2.75, 3.05) is 18.8 Å². The van der Waals surface area contributed by atoms with Gasteiger partial charge in [0.1, 0.15) is 11.4 Å². The number of fused-ring (bicyclic) bond motifs is 3. The highest BCUT2D eigenvalue weighted by atomic mass is 32.2. The van der Waals surface area contributed by atoms with Gasteiger partial charge in [0, 0.05) is 36.2 Å². The van der Waals surface area contributed by atoms with Gasteiger partial charge in [-0.25, -0.2) is 17.7 Å². The fraction of sp³-hybridized carbons (Fsp3) is 0.471. The average molecular weight is 375 g/mol. The van der Waals surface area contributed by atoms with E-state index < -0.39 is 17.1 Å². The van der Waals surface area contributed by atoms with Crippen LogP contribution in [-0.4, -0.2) is 53.7 Å². The monoisotopic (exact) mass is 375 g/mol. The standard InChI is InChI=1S/C17H22BN3O4S/c1-3-26(23,24)21-7-5-11(2)14(10-21)13-8-18(22)25-15-9-20-17-12(16(13)15)4-6-19-17/h4,6,8-9,11,14,22H,3,5,7,10H2,1-2H3,(H,19,20)/t11?,14-/m1/s1. The molecule has 0 spiro atoms. The maximum Gasteiger partial charge on any atom is 0.552 e. The summed E-state index contributed by atoms with van der Waals surface area (Å²) in [7, 11) is -4.30. The summed E-state index contributed by atoms with van der Waals surface area (Å²) in [4.78, 5) is 7.42. The van der Waals surface area contributed by atoms with Gasteiger partial charge in [0.2, 0.25) is 10.0 Å². The number of pyridine rings is 1. The summed E-state index contributed by atoms with van der Waals surface area (Å²) in [5.74, 6) is 2.62. The summed E-state index contributed by atoms with van der Waals surface area (Å²) < 4.78 is 31.9. The number of aromatic nitrogens is 2. The third-order valence-electron chi connectivity index (χ3n) is 5.49. The van der Waals surface area contributed by atoms with Crippen LogP contribution in [0.15, 0.2) is 24.4 Å². The van der Waals surface area contributed by atoms with E-state index in [-0.39, 0.29) is 11.7 Å². The van der Waals surface area contributed by atoms with Gasteiger partial charge in [-0.2, -0.15) is 0 Å². The lowest BCUT2D eigenvalue weighted by Gasteiger charge is -2.39. The Bertz CT molecular complexity index is 972. The molecular weight excluding hydrogens is 353 g/mol. The number of sulfonamides is 1. The molecule has 0 saturated carbocycles. The van der Waals surface area contributed by atoms with Crippen LogP contribution in [0.2, 0.25) is 0 Å². The molecule has 2 N–H and O–H groups in total. The highest BCUT2D eigenvalue weighted by Crippen LogP contribution is 2.43. The van der Waals surface area contributed by atoms with E-state index in [9.17, 15) is 13.4 Å². The Morgan fingerprint density at radius 2 is 2.31 bits per heavy atom. The normalized spacial score (nSPS) is 24.3. The molecule has 2 aromatic heterocycles. The molecule has 9 heteroatoms. The molecule has 1 fully saturated rings. The SMILES string of the molecule is CCS(=O)(=O)N1CCC(C)[C@H](C2=CB(O)Oc3cnc4[nH]ccc4c32)C1. The van der Waals surface area contributed by atoms with Crippen molar-refractivity contribution < 1.29 is 18.1 Å². The van der Waals surface area contributed by atoms with E-state index in [0.29, 0.717) is 24.8 Å². The molecule has 2 aliphatic heterocycles. The fourth-order valence-corrected chi connectivity index (χ4v) is 5.10. The topological polar surface area (TPSA) is 95.5 Å². The number of nitrogens with one attached hydrogen (secondary N) is 1. The van der Waals surface area contributed by atoms with Crippen molar-refractivity contribution in [2.45, 2.75) is 20.3 Å². The Balaban J connectivity index is 1.80. The summed E-state index contributed by atoms with van der Waals surface area (Å²) in [6.07, 6.45) is 4.21. The number of aromatic amines is 1. The van der Waals surface area contributed by atoms with Crippen LogP contribution < -0.4 is 4.65 Å². The maximum absolute atomic E-state index is 12.4. The molecule has 2 atom stereocenters. The third kappa shape index (κ3) is 2.84.